The van der Waals surface area contributed by atoms with Crippen LogP contribution >= 0.6 is 0 Å². The Bertz CT molecular complexity index is 808. The van der Waals surface area contributed by atoms with Crippen LogP contribution in [0.4, 0.5) is 0 Å². The van der Waals surface area contributed by atoms with Gasteiger partial charge in [-0.05, 0) is 34.4 Å². The van der Waals surface area contributed by atoms with Gasteiger partial charge in [0.1, 0.15) is 5.71 Å². The van der Waals surface area contributed by atoms with E-state index in [0.29, 0.717) is 18.4 Å². The maximum absolute atomic E-state index is 12.4. The van der Waals surface area contributed by atoms with Gasteiger partial charge in [-0.15, -0.1) is 0 Å². The van der Waals surface area contributed by atoms with E-state index in [0.717, 1.165) is 21.9 Å². The van der Waals surface area contributed by atoms with Gasteiger partial charge in [-0.2, -0.15) is 0 Å². The third-order valence-corrected chi connectivity index (χ3v) is 3.78. The van der Waals surface area contributed by atoms with Crippen molar-refractivity contribution in [3.8, 4) is 0 Å². The lowest BCUT2D eigenvalue weighted by atomic mass is 9.85. The predicted octanol–water partition coefficient (Wildman–Crippen LogP) is 2.38. The van der Waals surface area contributed by atoms with E-state index in [2.05, 4.69) is 9.99 Å². The number of Topliss-reactive ketones (excluding diaryl/α,β-unsaturated/α-hetero) is 1. The first kappa shape index (κ1) is 14.4. The Morgan fingerprint density at radius 2 is 2.09 bits per heavy atom. The summed E-state index contributed by atoms with van der Waals surface area (Å²) in [5.74, 6) is -0.739. The predicted molar refractivity (Wildman–Crippen MR) is 81.7 cm³/mol. The fourth-order valence-corrected chi connectivity index (χ4v) is 2.74. The van der Waals surface area contributed by atoms with Crippen molar-refractivity contribution in [3.63, 3.8) is 0 Å². The molecule has 0 amide bonds. The Balaban J connectivity index is 2.05. The number of hydrogen-bond acceptors (Lipinski definition) is 5. The monoisotopic (exact) mass is 297 g/mol. The van der Waals surface area contributed by atoms with Crippen LogP contribution in [0.2, 0.25) is 0 Å². The highest BCUT2D eigenvalue weighted by Gasteiger charge is 2.25. The van der Waals surface area contributed by atoms with E-state index >= 15 is 0 Å². The van der Waals surface area contributed by atoms with E-state index in [1.165, 1.54) is 6.92 Å². The van der Waals surface area contributed by atoms with Gasteiger partial charge < -0.3 is 9.94 Å². The third kappa shape index (κ3) is 2.51. The molecule has 22 heavy (non-hydrogen) atoms. The first-order valence-electron chi connectivity index (χ1n) is 7.04. The van der Waals surface area contributed by atoms with Gasteiger partial charge in [-0.3, -0.25) is 4.79 Å². The van der Waals surface area contributed by atoms with Gasteiger partial charge in [0.05, 0.1) is 6.61 Å². The van der Waals surface area contributed by atoms with Crippen LogP contribution in [0, 0.1) is 0 Å². The molecular formula is C17H15NO4. The number of aliphatic hydroxyl groups excluding tert-OH is 1. The van der Waals surface area contributed by atoms with Gasteiger partial charge in [0.25, 0.3) is 0 Å². The summed E-state index contributed by atoms with van der Waals surface area (Å²) in [6.07, 6.45) is 1.11. The number of aliphatic hydroxyl groups is 1. The second-order valence-corrected chi connectivity index (χ2v) is 5.26. The molecule has 5 heteroatoms. The molecule has 0 bridgehead atoms. The Kier molecular flexibility index (Phi) is 3.73. The number of oxime groups is 1. The molecule has 5 nitrogen and oxygen atoms in total. The smallest absolute Gasteiger partial charge is 0.331 e. The average molecular weight is 297 g/mol. The zero-order chi connectivity index (χ0) is 15.7. The summed E-state index contributed by atoms with van der Waals surface area (Å²) < 4.78 is 0. The molecule has 1 aliphatic rings. The average Bonchev–Trinajstić information content (AvgIpc) is 2.53. The minimum absolute atomic E-state index is 0.00878. The highest BCUT2D eigenvalue weighted by molar-refractivity contribution is 6.47. The first-order valence-corrected chi connectivity index (χ1v) is 7.04. The van der Waals surface area contributed by atoms with Gasteiger partial charge in [0, 0.05) is 18.9 Å². The van der Waals surface area contributed by atoms with Crippen molar-refractivity contribution in [2.24, 2.45) is 5.16 Å². The normalized spacial score (nSPS) is 15.9. The molecule has 0 radical (unpaired) electrons. The summed E-state index contributed by atoms with van der Waals surface area (Å²) in [5, 5.41) is 14.9. The summed E-state index contributed by atoms with van der Waals surface area (Å²) in [4.78, 5) is 27.8. The zero-order valence-electron chi connectivity index (χ0n) is 12.1. The van der Waals surface area contributed by atoms with Crippen molar-refractivity contribution < 1.29 is 19.5 Å². The molecule has 0 saturated heterocycles. The fraction of sp³-hybridized carbons (Fsp3) is 0.235. The summed E-state index contributed by atoms with van der Waals surface area (Å²) in [6, 6.07) is 9.34. The van der Waals surface area contributed by atoms with E-state index in [9.17, 15) is 14.7 Å². The van der Waals surface area contributed by atoms with Crippen molar-refractivity contribution >= 4 is 28.2 Å². The highest BCUT2D eigenvalue weighted by Crippen LogP contribution is 2.29. The number of rotatable bonds is 2. The second kappa shape index (κ2) is 5.69. The van der Waals surface area contributed by atoms with Gasteiger partial charge in [-0.1, -0.05) is 29.4 Å². The minimum Gasteiger partial charge on any atom is -0.392 e. The minimum atomic E-state index is -0.541. The van der Waals surface area contributed by atoms with Crippen molar-refractivity contribution in [3.05, 3.63) is 47.0 Å². The summed E-state index contributed by atoms with van der Waals surface area (Å²) in [6.45, 7) is 1.24. The van der Waals surface area contributed by atoms with Crippen LogP contribution in [-0.4, -0.2) is 22.6 Å². The lowest BCUT2D eigenvalue weighted by molar-refractivity contribution is -0.140. The van der Waals surface area contributed by atoms with Crippen LogP contribution in [0.3, 0.4) is 0 Å². The van der Waals surface area contributed by atoms with E-state index in [1.807, 2.05) is 24.3 Å². The second-order valence-electron chi connectivity index (χ2n) is 5.26. The lowest BCUT2D eigenvalue weighted by Gasteiger charge is -2.18. The summed E-state index contributed by atoms with van der Waals surface area (Å²) in [7, 11) is 0. The van der Waals surface area contributed by atoms with Crippen LogP contribution in [0.15, 0.2) is 35.5 Å². The lowest BCUT2D eigenvalue weighted by Crippen LogP contribution is -2.23. The number of aryl methyl sites for hydroxylation is 1. The number of nitrogens with zero attached hydrogens (tertiary/aromatic N) is 1. The molecule has 2 aromatic carbocycles. The van der Waals surface area contributed by atoms with Crippen molar-refractivity contribution in [2.45, 2.75) is 26.4 Å². The van der Waals surface area contributed by atoms with Crippen LogP contribution in [0.1, 0.15) is 34.8 Å². The molecule has 0 spiro atoms. The molecule has 0 fully saturated rings. The zero-order valence-corrected chi connectivity index (χ0v) is 12.1. The number of benzene rings is 2. The molecule has 1 N–H and O–H groups in total. The molecule has 3 rings (SSSR count). The Morgan fingerprint density at radius 1 is 1.27 bits per heavy atom. The van der Waals surface area contributed by atoms with Gasteiger partial charge in [-0.25, -0.2) is 4.79 Å². The van der Waals surface area contributed by atoms with E-state index < -0.39 is 5.97 Å². The van der Waals surface area contributed by atoms with Crippen LogP contribution < -0.4 is 0 Å². The van der Waals surface area contributed by atoms with Crippen molar-refractivity contribution in [2.75, 3.05) is 0 Å². The molecule has 0 unspecified atom stereocenters. The number of fused-ring (bicyclic) bond motifs is 3. The molecular weight excluding hydrogens is 282 g/mol. The number of carbonyl (C=O) groups excluding carboxylic acids is 2. The van der Waals surface area contributed by atoms with Crippen molar-refractivity contribution in [1.29, 1.82) is 0 Å². The molecule has 1 aliphatic carbocycles. The summed E-state index contributed by atoms with van der Waals surface area (Å²) in [5.41, 5.74) is 2.69. The molecule has 112 valence electrons. The summed E-state index contributed by atoms with van der Waals surface area (Å²) >= 11 is 0. The highest BCUT2D eigenvalue weighted by atomic mass is 16.7. The van der Waals surface area contributed by atoms with Crippen LogP contribution in [-0.2, 0) is 22.7 Å². The Hall–Kier alpha value is -2.53. The Morgan fingerprint density at radius 3 is 2.82 bits per heavy atom. The van der Waals surface area contributed by atoms with E-state index in [-0.39, 0.29) is 18.1 Å². The SMILES string of the molecule is CC(=O)O/N=C1\CCc2c(ccc3cc(CO)ccc23)C1=O. The molecule has 0 aromatic heterocycles. The standard InChI is InChI=1S/C17H15NO4/c1-10(20)22-18-16-7-6-14-13-4-2-11(9-19)8-12(13)3-5-15(14)17(16)21/h2-5,8,19H,6-7,9H2,1H3/b18-16+. The van der Waals surface area contributed by atoms with Crippen molar-refractivity contribution in [1.82, 2.24) is 0 Å². The molecule has 0 saturated carbocycles. The van der Waals surface area contributed by atoms with Gasteiger partial charge in [0.15, 0.2) is 0 Å². The quantitative estimate of drug-likeness (QED) is 0.682. The fourth-order valence-electron chi connectivity index (χ4n) is 2.74. The van der Waals surface area contributed by atoms with Gasteiger partial charge in [0.2, 0.25) is 5.78 Å². The number of hydrogen-bond donors (Lipinski definition) is 1. The molecule has 0 aliphatic heterocycles. The van der Waals surface area contributed by atoms with Crippen LogP contribution in [0.25, 0.3) is 10.8 Å². The van der Waals surface area contributed by atoms with E-state index in [4.69, 9.17) is 0 Å². The largest absolute Gasteiger partial charge is 0.392 e. The number of ketones is 1. The first-order chi connectivity index (χ1) is 10.6. The molecule has 2 aromatic rings. The molecule has 0 atom stereocenters. The Labute approximate surface area is 127 Å². The maximum Gasteiger partial charge on any atom is 0.331 e. The van der Waals surface area contributed by atoms with E-state index in [1.54, 1.807) is 6.07 Å². The maximum atomic E-state index is 12.4. The van der Waals surface area contributed by atoms with Crippen LogP contribution in [0.5, 0.6) is 0 Å². The molecule has 0 heterocycles. The topological polar surface area (TPSA) is 76.0 Å². The van der Waals surface area contributed by atoms with Gasteiger partial charge >= 0.3 is 5.97 Å². The third-order valence-electron chi connectivity index (χ3n) is 3.78. The number of carbonyl (C=O) groups is 2.